The van der Waals surface area contributed by atoms with Crippen molar-refractivity contribution in [1.82, 2.24) is 0 Å². The van der Waals surface area contributed by atoms with Gasteiger partial charge in [-0.1, -0.05) is 27.7 Å². The molecule has 1 aromatic rings. The van der Waals surface area contributed by atoms with E-state index in [0.29, 0.717) is 0 Å². The molecule has 0 spiro atoms. The molecule has 1 rings (SSSR count). The van der Waals surface area contributed by atoms with Crippen molar-refractivity contribution < 1.29 is 18.3 Å². The molecule has 0 saturated heterocycles. The van der Waals surface area contributed by atoms with Crippen LogP contribution in [-0.2, 0) is 0 Å². The summed E-state index contributed by atoms with van der Waals surface area (Å²) in [6, 6.07) is 1.83. The number of carbonyl (C=O) groups is 1. The van der Waals surface area contributed by atoms with Crippen molar-refractivity contribution in [2.24, 2.45) is 11.3 Å². The Morgan fingerprint density at radius 2 is 1.85 bits per heavy atom. The standard InChI is InChI=1S/C16H22F2O2/c1-10(9-16(2,3)4)6-14(19)11-7-13(18)15(20-5)8-12(11)17/h7-8,10H,6,9H2,1-5H3. The van der Waals surface area contributed by atoms with E-state index in [2.05, 4.69) is 25.5 Å². The first-order valence-corrected chi connectivity index (χ1v) is 6.70. The molecule has 20 heavy (non-hydrogen) atoms. The normalized spacial score (nSPS) is 13.2. The maximum Gasteiger partial charge on any atom is 0.166 e. The first-order valence-electron chi connectivity index (χ1n) is 6.70. The van der Waals surface area contributed by atoms with Gasteiger partial charge in [-0.15, -0.1) is 0 Å². The van der Waals surface area contributed by atoms with Crippen molar-refractivity contribution in [2.75, 3.05) is 7.11 Å². The fraction of sp³-hybridized carbons (Fsp3) is 0.562. The fourth-order valence-electron chi connectivity index (χ4n) is 2.44. The van der Waals surface area contributed by atoms with Crippen LogP contribution in [0.25, 0.3) is 0 Å². The average molecular weight is 284 g/mol. The van der Waals surface area contributed by atoms with E-state index in [4.69, 9.17) is 0 Å². The third kappa shape index (κ3) is 4.58. The quantitative estimate of drug-likeness (QED) is 0.737. The maximum absolute atomic E-state index is 13.8. The Morgan fingerprint density at radius 3 is 2.35 bits per heavy atom. The summed E-state index contributed by atoms with van der Waals surface area (Å²) in [5.74, 6) is -1.91. The third-order valence-corrected chi connectivity index (χ3v) is 3.04. The van der Waals surface area contributed by atoms with Gasteiger partial charge in [0, 0.05) is 12.5 Å². The van der Waals surface area contributed by atoms with Gasteiger partial charge in [-0.3, -0.25) is 4.79 Å². The summed E-state index contributed by atoms with van der Waals surface area (Å²) < 4.78 is 32.0. The minimum absolute atomic E-state index is 0.101. The molecule has 0 aliphatic rings. The lowest BCUT2D eigenvalue weighted by molar-refractivity contribution is 0.0949. The first kappa shape index (κ1) is 16.6. The molecule has 0 amide bonds. The Balaban J connectivity index is 2.85. The number of methoxy groups -OCH3 is 1. The van der Waals surface area contributed by atoms with E-state index >= 15 is 0 Å². The molecule has 0 radical (unpaired) electrons. The average Bonchev–Trinajstić information content (AvgIpc) is 2.28. The van der Waals surface area contributed by atoms with Crippen molar-refractivity contribution in [2.45, 2.75) is 40.5 Å². The van der Waals surface area contributed by atoms with Crippen LogP contribution in [0, 0.1) is 23.0 Å². The van der Waals surface area contributed by atoms with Crippen LogP contribution in [0.2, 0.25) is 0 Å². The molecule has 0 heterocycles. The van der Waals surface area contributed by atoms with Gasteiger partial charge in [-0.05, 0) is 23.8 Å². The number of benzene rings is 1. The zero-order valence-electron chi connectivity index (χ0n) is 12.7. The minimum atomic E-state index is -0.740. The summed E-state index contributed by atoms with van der Waals surface area (Å²) in [6.07, 6.45) is 1.05. The Hall–Kier alpha value is -1.45. The largest absolute Gasteiger partial charge is 0.494 e. The second kappa shape index (κ2) is 6.33. The Kier molecular flexibility index (Phi) is 5.26. The molecule has 1 aromatic carbocycles. The zero-order chi connectivity index (χ0) is 15.5. The summed E-state index contributed by atoms with van der Waals surface area (Å²) in [6.45, 7) is 8.20. The molecule has 4 heteroatoms. The van der Waals surface area contributed by atoms with Gasteiger partial charge >= 0.3 is 0 Å². The lowest BCUT2D eigenvalue weighted by Crippen LogP contribution is -2.15. The zero-order valence-corrected chi connectivity index (χ0v) is 12.7. The van der Waals surface area contributed by atoms with Gasteiger partial charge in [0.2, 0.25) is 0 Å². The highest BCUT2D eigenvalue weighted by Crippen LogP contribution is 2.28. The third-order valence-electron chi connectivity index (χ3n) is 3.04. The summed E-state index contributed by atoms with van der Waals surface area (Å²) in [4.78, 5) is 12.1. The van der Waals surface area contributed by atoms with Crippen LogP contribution in [0.4, 0.5) is 8.78 Å². The molecule has 0 N–H and O–H groups in total. The predicted octanol–water partition coefficient (Wildman–Crippen LogP) is 4.62. The van der Waals surface area contributed by atoms with Crippen molar-refractivity contribution in [1.29, 1.82) is 0 Å². The van der Waals surface area contributed by atoms with Gasteiger partial charge in [0.15, 0.2) is 17.3 Å². The topological polar surface area (TPSA) is 26.3 Å². The predicted molar refractivity (Wildman–Crippen MR) is 75.1 cm³/mol. The summed E-state index contributed by atoms with van der Waals surface area (Å²) >= 11 is 0. The van der Waals surface area contributed by atoms with Gasteiger partial charge in [0.25, 0.3) is 0 Å². The van der Waals surface area contributed by atoms with Crippen molar-refractivity contribution in [3.63, 3.8) is 0 Å². The van der Waals surface area contributed by atoms with E-state index in [1.807, 2.05) is 6.92 Å². The van der Waals surface area contributed by atoms with Crippen LogP contribution in [0.5, 0.6) is 5.75 Å². The smallest absolute Gasteiger partial charge is 0.166 e. The number of halogens is 2. The molecular formula is C16H22F2O2. The van der Waals surface area contributed by atoms with E-state index in [9.17, 15) is 13.6 Å². The SMILES string of the molecule is COc1cc(F)c(C(=O)CC(C)CC(C)(C)C)cc1F. The first-order chi connectivity index (χ1) is 9.14. The minimum Gasteiger partial charge on any atom is -0.494 e. The van der Waals surface area contributed by atoms with Crippen LogP contribution in [0.3, 0.4) is 0 Å². The molecule has 0 saturated carbocycles. The second-order valence-electron chi connectivity index (χ2n) is 6.46. The van der Waals surface area contributed by atoms with Crippen molar-refractivity contribution in [3.8, 4) is 5.75 Å². The summed E-state index contributed by atoms with van der Waals surface area (Å²) in [5.41, 5.74) is -0.104. The molecule has 0 fully saturated rings. The van der Waals surface area contributed by atoms with Crippen LogP contribution >= 0.6 is 0 Å². The molecule has 0 aromatic heterocycles. The summed E-state index contributed by atoms with van der Waals surface area (Å²) in [5, 5.41) is 0. The molecule has 2 nitrogen and oxygen atoms in total. The van der Waals surface area contributed by atoms with Crippen LogP contribution in [0.1, 0.15) is 50.9 Å². The second-order valence-corrected chi connectivity index (χ2v) is 6.46. The van der Waals surface area contributed by atoms with Crippen LogP contribution in [0.15, 0.2) is 12.1 Å². The lowest BCUT2D eigenvalue weighted by Gasteiger charge is -2.22. The van der Waals surface area contributed by atoms with E-state index in [-0.39, 0.29) is 34.8 Å². The van der Waals surface area contributed by atoms with E-state index < -0.39 is 11.6 Å². The van der Waals surface area contributed by atoms with Crippen LogP contribution < -0.4 is 4.74 Å². The fourth-order valence-corrected chi connectivity index (χ4v) is 2.44. The highest BCUT2D eigenvalue weighted by molar-refractivity contribution is 5.96. The molecule has 0 aliphatic heterocycles. The molecular weight excluding hydrogens is 262 g/mol. The van der Waals surface area contributed by atoms with Gasteiger partial charge in [0.05, 0.1) is 12.7 Å². The Morgan fingerprint density at radius 1 is 1.25 bits per heavy atom. The monoisotopic (exact) mass is 284 g/mol. The number of hydrogen-bond donors (Lipinski definition) is 0. The number of hydrogen-bond acceptors (Lipinski definition) is 2. The summed E-state index contributed by atoms with van der Waals surface area (Å²) in [7, 11) is 1.25. The van der Waals surface area contributed by atoms with Crippen LogP contribution in [-0.4, -0.2) is 12.9 Å². The molecule has 1 unspecified atom stereocenters. The number of rotatable bonds is 5. The van der Waals surface area contributed by atoms with Gasteiger partial charge < -0.3 is 4.74 Å². The van der Waals surface area contributed by atoms with E-state index in [0.717, 1.165) is 18.6 Å². The van der Waals surface area contributed by atoms with Gasteiger partial charge in [-0.2, -0.15) is 0 Å². The molecule has 112 valence electrons. The number of ketones is 1. The number of carbonyl (C=O) groups excluding carboxylic acids is 1. The Labute approximate surface area is 119 Å². The molecule has 0 aliphatic carbocycles. The lowest BCUT2D eigenvalue weighted by atomic mass is 9.83. The van der Waals surface area contributed by atoms with Gasteiger partial charge in [0.1, 0.15) is 5.82 Å². The van der Waals surface area contributed by atoms with E-state index in [1.54, 1.807) is 0 Å². The highest BCUT2D eigenvalue weighted by atomic mass is 19.1. The van der Waals surface area contributed by atoms with Gasteiger partial charge in [-0.25, -0.2) is 8.78 Å². The molecule has 0 bridgehead atoms. The maximum atomic E-state index is 13.8. The van der Waals surface area contributed by atoms with Crippen molar-refractivity contribution >= 4 is 5.78 Å². The Bertz CT molecular complexity index is 490. The number of Topliss-reactive ketones (excluding diaryl/α,β-unsaturated/α-hetero) is 1. The molecule has 1 atom stereocenters. The van der Waals surface area contributed by atoms with Crippen molar-refractivity contribution in [3.05, 3.63) is 29.3 Å². The highest BCUT2D eigenvalue weighted by Gasteiger charge is 2.21. The number of ether oxygens (including phenoxy) is 1. The van der Waals surface area contributed by atoms with E-state index in [1.165, 1.54) is 7.11 Å².